The highest BCUT2D eigenvalue weighted by molar-refractivity contribution is 6.30. The maximum atomic E-state index is 12.8. The van der Waals surface area contributed by atoms with Crippen LogP contribution in [-0.4, -0.2) is 10.9 Å². The molecular weight excluding hydrogens is 379 g/mol. The third kappa shape index (κ3) is 4.98. The number of carbonyl (C=O) groups is 1. The molecule has 0 spiro atoms. The van der Waals surface area contributed by atoms with Crippen LogP contribution in [0.4, 0.5) is 30.2 Å². The van der Waals surface area contributed by atoms with Crippen molar-refractivity contribution in [2.75, 3.05) is 10.6 Å². The molecule has 0 aliphatic heterocycles. The van der Waals surface area contributed by atoms with Crippen molar-refractivity contribution in [3.05, 3.63) is 83.1 Å². The lowest BCUT2D eigenvalue weighted by atomic mass is 10.2. The molecule has 1 amide bonds. The molecule has 1 aromatic heterocycles. The Balaban J connectivity index is 1.75. The third-order valence-corrected chi connectivity index (χ3v) is 3.83. The maximum Gasteiger partial charge on any atom is 0.416 e. The number of alkyl halides is 3. The van der Waals surface area contributed by atoms with Crippen LogP contribution in [0, 0.1) is 0 Å². The van der Waals surface area contributed by atoms with Gasteiger partial charge in [0.2, 0.25) is 0 Å². The van der Waals surface area contributed by atoms with Crippen LogP contribution >= 0.6 is 11.6 Å². The van der Waals surface area contributed by atoms with Gasteiger partial charge in [0.25, 0.3) is 5.91 Å². The lowest BCUT2D eigenvalue weighted by molar-refractivity contribution is -0.137. The van der Waals surface area contributed by atoms with Gasteiger partial charge in [0.05, 0.1) is 23.0 Å². The fourth-order valence-electron chi connectivity index (χ4n) is 2.31. The van der Waals surface area contributed by atoms with Crippen LogP contribution in [0.5, 0.6) is 0 Å². The quantitative estimate of drug-likeness (QED) is 0.595. The number of anilines is 3. The highest BCUT2D eigenvalue weighted by Crippen LogP contribution is 2.30. The van der Waals surface area contributed by atoms with Crippen molar-refractivity contribution in [2.24, 2.45) is 0 Å². The molecule has 27 heavy (non-hydrogen) atoms. The normalized spacial score (nSPS) is 11.1. The summed E-state index contributed by atoms with van der Waals surface area (Å²) in [4.78, 5) is 16.3. The summed E-state index contributed by atoms with van der Waals surface area (Å²) < 4.78 is 38.3. The standard InChI is InChI=1S/C19H13ClF3N3O/c20-14-4-6-15(7-5-14)25-17-8-12(10-24-11-17)18(27)26-16-3-1-2-13(9-16)19(21,22)23/h1-11,25H,(H,26,27). The summed E-state index contributed by atoms with van der Waals surface area (Å²) in [5, 5.41) is 6.11. The molecule has 2 N–H and O–H groups in total. The first-order valence-electron chi connectivity index (χ1n) is 7.77. The van der Waals surface area contributed by atoms with Gasteiger partial charge in [-0.3, -0.25) is 9.78 Å². The Labute approximate surface area is 158 Å². The smallest absolute Gasteiger partial charge is 0.354 e. The minimum absolute atomic E-state index is 0.0471. The zero-order valence-electron chi connectivity index (χ0n) is 13.7. The van der Waals surface area contributed by atoms with Crippen LogP contribution < -0.4 is 10.6 Å². The molecule has 0 fully saturated rings. The fourth-order valence-corrected chi connectivity index (χ4v) is 2.43. The maximum absolute atomic E-state index is 12.8. The molecule has 1 heterocycles. The van der Waals surface area contributed by atoms with E-state index in [1.54, 1.807) is 30.3 Å². The molecule has 0 atom stereocenters. The van der Waals surface area contributed by atoms with Gasteiger partial charge in [-0.25, -0.2) is 0 Å². The van der Waals surface area contributed by atoms with Crippen molar-refractivity contribution in [1.82, 2.24) is 4.98 Å². The second kappa shape index (κ2) is 7.67. The molecule has 4 nitrogen and oxygen atoms in total. The number of amides is 1. The van der Waals surface area contributed by atoms with E-state index in [9.17, 15) is 18.0 Å². The first-order valence-corrected chi connectivity index (χ1v) is 8.15. The minimum atomic E-state index is -4.48. The van der Waals surface area contributed by atoms with E-state index in [0.29, 0.717) is 10.7 Å². The van der Waals surface area contributed by atoms with Crippen LogP contribution in [0.15, 0.2) is 67.0 Å². The van der Waals surface area contributed by atoms with E-state index in [0.717, 1.165) is 17.8 Å². The van der Waals surface area contributed by atoms with Gasteiger partial charge >= 0.3 is 6.18 Å². The van der Waals surface area contributed by atoms with Crippen molar-refractivity contribution < 1.29 is 18.0 Å². The number of nitrogens with zero attached hydrogens (tertiary/aromatic N) is 1. The third-order valence-electron chi connectivity index (χ3n) is 3.58. The van der Waals surface area contributed by atoms with E-state index in [2.05, 4.69) is 15.6 Å². The molecule has 2 aromatic carbocycles. The number of benzene rings is 2. The van der Waals surface area contributed by atoms with E-state index in [4.69, 9.17) is 11.6 Å². The van der Waals surface area contributed by atoms with Gasteiger partial charge in [0, 0.05) is 22.6 Å². The Kier molecular flexibility index (Phi) is 5.32. The largest absolute Gasteiger partial charge is 0.416 e. The number of halogens is 4. The first-order chi connectivity index (χ1) is 12.8. The van der Waals surface area contributed by atoms with Gasteiger partial charge in [0.1, 0.15) is 0 Å². The van der Waals surface area contributed by atoms with E-state index < -0.39 is 17.6 Å². The lowest BCUT2D eigenvalue weighted by Gasteiger charge is -2.11. The Morgan fingerprint density at radius 1 is 0.926 bits per heavy atom. The van der Waals surface area contributed by atoms with Crippen molar-refractivity contribution in [1.29, 1.82) is 0 Å². The SMILES string of the molecule is O=C(Nc1cccc(C(F)(F)F)c1)c1cncc(Nc2ccc(Cl)cc2)c1. The molecule has 3 aromatic rings. The molecule has 0 saturated carbocycles. The average molecular weight is 392 g/mol. The Hall–Kier alpha value is -3.06. The number of nitrogens with one attached hydrogen (secondary N) is 2. The molecule has 0 radical (unpaired) electrons. The fraction of sp³-hybridized carbons (Fsp3) is 0.0526. The predicted molar refractivity (Wildman–Crippen MR) is 98.4 cm³/mol. The van der Waals surface area contributed by atoms with Gasteiger partial charge in [0.15, 0.2) is 0 Å². The van der Waals surface area contributed by atoms with Crippen molar-refractivity contribution >= 4 is 34.6 Å². The molecule has 3 rings (SSSR count). The molecule has 0 unspecified atom stereocenters. The van der Waals surface area contributed by atoms with Gasteiger partial charge < -0.3 is 10.6 Å². The van der Waals surface area contributed by atoms with Gasteiger partial charge in [-0.1, -0.05) is 17.7 Å². The Bertz CT molecular complexity index is 959. The van der Waals surface area contributed by atoms with Crippen LogP contribution in [0.25, 0.3) is 0 Å². The Morgan fingerprint density at radius 2 is 1.67 bits per heavy atom. The van der Waals surface area contributed by atoms with Crippen molar-refractivity contribution in [3.63, 3.8) is 0 Å². The zero-order chi connectivity index (χ0) is 19.4. The average Bonchev–Trinajstić information content (AvgIpc) is 2.63. The number of carbonyl (C=O) groups excluding carboxylic acids is 1. The number of rotatable bonds is 4. The number of aromatic nitrogens is 1. The monoisotopic (exact) mass is 391 g/mol. The highest BCUT2D eigenvalue weighted by atomic mass is 35.5. The molecule has 8 heteroatoms. The summed E-state index contributed by atoms with van der Waals surface area (Å²) in [5.74, 6) is -0.568. The highest BCUT2D eigenvalue weighted by Gasteiger charge is 2.30. The van der Waals surface area contributed by atoms with E-state index >= 15 is 0 Å². The first kappa shape index (κ1) is 18.7. The topological polar surface area (TPSA) is 54.0 Å². The molecule has 138 valence electrons. The van der Waals surface area contributed by atoms with Crippen LogP contribution in [-0.2, 0) is 6.18 Å². The van der Waals surface area contributed by atoms with Crippen LogP contribution in [0.1, 0.15) is 15.9 Å². The minimum Gasteiger partial charge on any atom is -0.354 e. The van der Waals surface area contributed by atoms with E-state index in [1.807, 2.05) is 0 Å². The molecule has 0 aliphatic carbocycles. The molecule has 0 aliphatic rings. The second-order valence-electron chi connectivity index (χ2n) is 5.63. The predicted octanol–water partition coefficient (Wildman–Crippen LogP) is 5.75. The molecule has 0 saturated heterocycles. The van der Waals surface area contributed by atoms with Crippen molar-refractivity contribution in [3.8, 4) is 0 Å². The van der Waals surface area contributed by atoms with Gasteiger partial charge in [-0.15, -0.1) is 0 Å². The zero-order valence-corrected chi connectivity index (χ0v) is 14.5. The van der Waals surface area contributed by atoms with Crippen LogP contribution in [0.3, 0.4) is 0 Å². The summed E-state index contributed by atoms with van der Waals surface area (Å²) in [6.07, 6.45) is -1.63. The summed E-state index contributed by atoms with van der Waals surface area (Å²) in [5.41, 5.74) is 0.708. The lowest BCUT2D eigenvalue weighted by Crippen LogP contribution is -2.13. The summed E-state index contributed by atoms with van der Waals surface area (Å²) >= 11 is 5.83. The summed E-state index contributed by atoms with van der Waals surface area (Å²) in [6, 6.07) is 12.9. The van der Waals surface area contributed by atoms with Crippen LogP contribution in [0.2, 0.25) is 5.02 Å². The number of pyridine rings is 1. The van der Waals surface area contributed by atoms with E-state index in [-0.39, 0.29) is 11.3 Å². The summed E-state index contributed by atoms with van der Waals surface area (Å²) in [6.45, 7) is 0. The molecular formula is C19H13ClF3N3O. The second-order valence-corrected chi connectivity index (χ2v) is 6.06. The van der Waals surface area contributed by atoms with Crippen molar-refractivity contribution in [2.45, 2.75) is 6.18 Å². The van der Waals surface area contributed by atoms with Gasteiger partial charge in [-0.05, 0) is 48.5 Å². The molecule has 0 bridgehead atoms. The number of hydrogen-bond acceptors (Lipinski definition) is 3. The van der Waals surface area contributed by atoms with E-state index in [1.165, 1.54) is 24.5 Å². The Morgan fingerprint density at radius 3 is 2.37 bits per heavy atom. The summed E-state index contributed by atoms with van der Waals surface area (Å²) in [7, 11) is 0. The number of hydrogen-bond donors (Lipinski definition) is 2. The van der Waals surface area contributed by atoms with Gasteiger partial charge in [-0.2, -0.15) is 13.2 Å².